The highest BCUT2D eigenvalue weighted by molar-refractivity contribution is 7.81. The maximum atomic E-state index is 10.9. The first-order chi connectivity index (χ1) is 11.8. The van der Waals surface area contributed by atoms with Gasteiger partial charge in [0.05, 0.1) is 0 Å². The lowest BCUT2D eigenvalue weighted by atomic mass is 9.54. The third-order valence-corrected chi connectivity index (χ3v) is 7.99. The van der Waals surface area contributed by atoms with Gasteiger partial charge in [0.15, 0.2) is 0 Å². The second-order valence-corrected chi connectivity index (χ2v) is 9.54. The van der Waals surface area contributed by atoms with Gasteiger partial charge in [-0.2, -0.15) is 8.42 Å². The predicted octanol–water partition coefficient (Wildman–Crippen LogP) is 4.75. The molecule has 1 aromatic rings. The molecule has 0 bridgehead atoms. The molecule has 3 aliphatic carbocycles. The molecule has 0 aromatic heterocycles. The van der Waals surface area contributed by atoms with Crippen LogP contribution in [0.4, 0.5) is 0 Å². The molecule has 0 saturated heterocycles. The molecule has 5 atom stereocenters. The molecule has 1 N–H and O–H groups in total. The fourth-order valence-electron chi connectivity index (χ4n) is 6.51. The Balaban J connectivity index is 1.62. The molecule has 5 heteroatoms. The van der Waals surface area contributed by atoms with Crippen LogP contribution in [0.5, 0.6) is 5.75 Å². The first-order valence-electron chi connectivity index (χ1n) is 9.61. The number of hydrogen-bond donors (Lipinski definition) is 1. The summed E-state index contributed by atoms with van der Waals surface area (Å²) in [6.45, 7) is 4.88. The average molecular weight is 365 g/mol. The summed E-state index contributed by atoms with van der Waals surface area (Å²) in [5.74, 6) is 3.28. The van der Waals surface area contributed by atoms with Gasteiger partial charge in [0, 0.05) is 0 Å². The Morgan fingerprint density at radius 1 is 1.24 bits per heavy atom. The van der Waals surface area contributed by atoms with Gasteiger partial charge in [0.25, 0.3) is 0 Å². The van der Waals surface area contributed by atoms with Crippen LogP contribution in [-0.2, 0) is 16.8 Å². The molecule has 0 spiro atoms. The number of hydrogen-bond acceptors (Lipinski definition) is 3. The second-order valence-electron chi connectivity index (χ2n) is 8.51. The lowest BCUT2D eigenvalue weighted by molar-refractivity contribution is 0.0273. The molecule has 25 heavy (non-hydrogen) atoms. The van der Waals surface area contributed by atoms with Gasteiger partial charge >= 0.3 is 10.4 Å². The third-order valence-electron chi connectivity index (χ3n) is 7.59. The Labute approximate surface area is 150 Å². The average Bonchev–Trinajstić information content (AvgIpc) is 2.89. The monoisotopic (exact) mass is 364 g/mol. The summed E-state index contributed by atoms with van der Waals surface area (Å²) in [5, 5.41) is 0. The minimum absolute atomic E-state index is 0.215. The van der Waals surface area contributed by atoms with Crippen LogP contribution in [0.25, 0.3) is 0 Å². The Bertz CT molecular complexity index is 772. The lowest BCUT2D eigenvalue weighted by Crippen LogP contribution is -2.42. The van der Waals surface area contributed by atoms with E-state index >= 15 is 0 Å². The third kappa shape index (κ3) is 2.89. The molecule has 4 nitrogen and oxygen atoms in total. The highest BCUT2D eigenvalue weighted by Crippen LogP contribution is 2.63. The zero-order valence-electron chi connectivity index (χ0n) is 15.1. The van der Waals surface area contributed by atoms with Crippen LogP contribution >= 0.6 is 0 Å². The molecule has 4 rings (SSSR count). The minimum atomic E-state index is -4.46. The largest absolute Gasteiger partial charge is 0.446 e. The van der Waals surface area contributed by atoms with E-state index in [-0.39, 0.29) is 5.75 Å². The summed E-state index contributed by atoms with van der Waals surface area (Å²) in [7, 11) is -4.46. The molecule has 2 saturated carbocycles. The quantitative estimate of drug-likeness (QED) is 0.786. The summed E-state index contributed by atoms with van der Waals surface area (Å²) in [4.78, 5) is 0. The first-order valence-corrected chi connectivity index (χ1v) is 11.0. The van der Waals surface area contributed by atoms with Crippen molar-refractivity contribution in [3.05, 3.63) is 29.3 Å². The maximum absolute atomic E-state index is 10.9. The molecule has 2 fully saturated rings. The zero-order valence-corrected chi connectivity index (χ0v) is 15.9. The van der Waals surface area contributed by atoms with E-state index in [1.807, 2.05) is 6.07 Å². The van der Waals surface area contributed by atoms with Gasteiger partial charge in [0.2, 0.25) is 0 Å². The van der Waals surface area contributed by atoms with E-state index in [1.165, 1.54) is 49.7 Å². The number of fused-ring (bicyclic) bond motifs is 5. The van der Waals surface area contributed by atoms with Gasteiger partial charge in [0.1, 0.15) is 5.75 Å². The van der Waals surface area contributed by atoms with Crippen molar-refractivity contribution < 1.29 is 17.2 Å². The smallest absolute Gasteiger partial charge is 0.362 e. The van der Waals surface area contributed by atoms with E-state index in [0.717, 1.165) is 24.2 Å². The van der Waals surface area contributed by atoms with Gasteiger partial charge < -0.3 is 4.18 Å². The van der Waals surface area contributed by atoms with Crippen LogP contribution in [0.3, 0.4) is 0 Å². The van der Waals surface area contributed by atoms with Gasteiger partial charge in [-0.25, -0.2) is 0 Å². The van der Waals surface area contributed by atoms with Crippen LogP contribution < -0.4 is 4.18 Å². The van der Waals surface area contributed by atoms with Gasteiger partial charge in [-0.3, -0.25) is 4.55 Å². The molecule has 0 heterocycles. The molecule has 0 aliphatic heterocycles. The van der Waals surface area contributed by atoms with Crippen molar-refractivity contribution in [3.8, 4) is 5.75 Å². The molecule has 0 radical (unpaired) electrons. The van der Waals surface area contributed by atoms with Crippen molar-refractivity contribution in [1.29, 1.82) is 0 Å². The number of aryl methyl sites for hydroxylation is 1. The van der Waals surface area contributed by atoms with E-state index in [4.69, 9.17) is 4.55 Å². The lowest BCUT2D eigenvalue weighted by Gasteiger charge is -2.51. The second kappa shape index (κ2) is 5.98. The van der Waals surface area contributed by atoms with Crippen LogP contribution in [0.2, 0.25) is 0 Å². The van der Waals surface area contributed by atoms with Crippen LogP contribution in [0.1, 0.15) is 69.4 Å². The van der Waals surface area contributed by atoms with Crippen molar-refractivity contribution in [2.45, 2.75) is 64.7 Å². The van der Waals surface area contributed by atoms with Crippen molar-refractivity contribution in [2.75, 3.05) is 0 Å². The Kier molecular flexibility index (Phi) is 4.15. The maximum Gasteiger partial charge on any atom is 0.446 e. The van der Waals surface area contributed by atoms with Gasteiger partial charge in [-0.1, -0.05) is 26.3 Å². The zero-order chi connectivity index (χ0) is 17.8. The first kappa shape index (κ1) is 17.3. The van der Waals surface area contributed by atoms with Crippen molar-refractivity contribution in [3.63, 3.8) is 0 Å². The van der Waals surface area contributed by atoms with Crippen molar-refractivity contribution in [1.82, 2.24) is 0 Å². The van der Waals surface area contributed by atoms with E-state index in [2.05, 4.69) is 18.0 Å². The van der Waals surface area contributed by atoms with Crippen LogP contribution in [0.15, 0.2) is 18.2 Å². The summed E-state index contributed by atoms with van der Waals surface area (Å²) in [6, 6.07) is 5.52. The minimum Gasteiger partial charge on any atom is -0.362 e. The van der Waals surface area contributed by atoms with Crippen LogP contribution in [0, 0.1) is 23.2 Å². The highest BCUT2D eigenvalue weighted by atomic mass is 32.3. The number of benzene rings is 1. The summed E-state index contributed by atoms with van der Waals surface area (Å²) < 4.78 is 35.4. The van der Waals surface area contributed by atoms with Gasteiger partial charge in [-0.05, 0) is 90.9 Å². The van der Waals surface area contributed by atoms with E-state index in [0.29, 0.717) is 11.3 Å². The SMILES string of the molecule is CC[C@H]1CCC2C3CCc4cc(OS(=O)(=O)O)ccc4C3CC[C@@]21C. The fourth-order valence-corrected chi connectivity index (χ4v) is 6.86. The molecule has 3 aliphatic rings. The topological polar surface area (TPSA) is 63.6 Å². The number of rotatable bonds is 3. The Morgan fingerprint density at radius 2 is 2.04 bits per heavy atom. The summed E-state index contributed by atoms with van der Waals surface area (Å²) >= 11 is 0. The molecule has 0 amide bonds. The standard InChI is InChI=1S/C20H28O4S/c1-3-14-5-9-19-18-7-4-13-12-15(24-25(21,22)23)6-8-16(13)17(18)10-11-20(14,19)2/h6,8,12,14,17-19H,3-5,7,9-11H2,1-2H3,(H,21,22,23)/t14-,17?,18?,19?,20+/m0/s1. The Morgan fingerprint density at radius 3 is 2.76 bits per heavy atom. The van der Waals surface area contributed by atoms with E-state index in [1.54, 1.807) is 12.1 Å². The normalized spacial score (nSPS) is 37.1. The van der Waals surface area contributed by atoms with E-state index in [9.17, 15) is 8.42 Å². The molecule has 3 unspecified atom stereocenters. The van der Waals surface area contributed by atoms with E-state index < -0.39 is 10.4 Å². The predicted molar refractivity (Wildman–Crippen MR) is 97.0 cm³/mol. The molecule has 1 aromatic carbocycles. The Hall–Kier alpha value is -1.07. The molecular weight excluding hydrogens is 336 g/mol. The summed E-state index contributed by atoms with van der Waals surface area (Å²) in [5.41, 5.74) is 3.08. The van der Waals surface area contributed by atoms with Crippen molar-refractivity contribution >= 4 is 10.4 Å². The van der Waals surface area contributed by atoms with Crippen molar-refractivity contribution in [2.24, 2.45) is 23.2 Å². The highest BCUT2D eigenvalue weighted by Gasteiger charge is 2.53. The fraction of sp³-hybridized carbons (Fsp3) is 0.700. The molecule has 138 valence electrons. The summed E-state index contributed by atoms with van der Waals surface area (Å²) in [6.07, 6.45) is 8.76. The van der Waals surface area contributed by atoms with Crippen LogP contribution in [-0.4, -0.2) is 13.0 Å². The molecular formula is C20H28O4S. The van der Waals surface area contributed by atoms with Gasteiger partial charge in [-0.15, -0.1) is 0 Å².